The molecule has 0 unspecified atom stereocenters. The van der Waals surface area contributed by atoms with Gasteiger partial charge in [0.05, 0.1) is 11.4 Å². The average molecular weight is 685 g/mol. The second kappa shape index (κ2) is 15.8. The maximum Gasteiger partial charge on any atom is 0.0857 e. The Morgan fingerprint density at radius 1 is 0.308 bits per heavy atom. The van der Waals surface area contributed by atoms with E-state index in [1.54, 1.807) is 0 Å². The third kappa shape index (κ3) is 8.24. The molecule has 6 rings (SSSR count). The molecule has 2 aliphatic rings. The predicted molar refractivity (Wildman–Crippen MR) is 227 cm³/mol. The van der Waals surface area contributed by atoms with E-state index in [0.717, 1.165) is 44.8 Å². The minimum absolute atomic E-state index is 0.798. The van der Waals surface area contributed by atoms with Crippen molar-refractivity contribution in [2.45, 2.75) is 0 Å². The lowest BCUT2D eigenvalue weighted by Crippen LogP contribution is -2.09. The Morgan fingerprint density at radius 2 is 0.519 bits per heavy atom. The molecule has 262 valence electrons. The van der Waals surface area contributed by atoms with Crippen LogP contribution in [0.15, 0.2) is 167 Å². The van der Waals surface area contributed by atoms with Gasteiger partial charge >= 0.3 is 0 Å². The van der Waals surface area contributed by atoms with Crippen molar-refractivity contribution in [2.24, 2.45) is 10.2 Å². The summed E-state index contributed by atoms with van der Waals surface area (Å²) in [5.41, 5.74) is 15.5. The standard InChI is InChI=1S/C46H48N6/c1-49(2)41-25-13-35(14-26-41)45(36-15-27-42(28-16-36)50(3)4)33-9-21-39(22-10-33)47-48-40-23-11-34(12-24-40)46(37-17-29-43(30-18-37)51(5)6)38-19-31-44(32-20-38)52(7)8/h9-32H,1-8H3. The summed E-state index contributed by atoms with van der Waals surface area (Å²) < 4.78 is 0. The van der Waals surface area contributed by atoms with Crippen molar-refractivity contribution in [3.8, 4) is 0 Å². The van der Waals surface area contributed by atoms with Crippen LogP contribution in [0.5, 0.6) is 0 Å². The molecule has 0 heterocycles. The number of allylic oxidation sites excluding steroid dienone is 10. The number of rotatable bonds is 9. The Morgan fingerprint density at radius 3 is 0.712 bits per heavy atom. The highest BCUT2D eigenvalue weighted by molar-refractivity contribution is 6.10. The molecule has 4 aromatic carbocycles. The van der Waals surface area contributed by atoms with Gasteiger partial charge in [0.1, 0.15) is 0 Å². The quantitative estimate of drug-likeness (QED) is 0.165. The largest absolute Gasteiger partial charge is 0.378 e. The molecule has 6 heteroatoms. The van der Waals surface area contributed by atoms with E-state index in [4.69, 9.17) is 0 Å². The van der Waals surface area contributed by atoms with E-state index < -0.39 is 0 Å². The van der Waals surface area contributed by atoms with Crippen molar-refractivity contribution in [3.05, 3.63) is 179 Å². The lowest BCUT2D eigenvalue weighted by molar-refractivity contribution is 1.13. The summed E-state index contributed by atoms with van der Waals surface area (Å²) in [5, 5.41) is 9.23. The summed E-state index contributed by atoms with van der Waals surface area (Å²) in [7, 11) is 16.5. The van der Waals surface area contributed by atoms with Crippen molar-refractivity contribution < 1.29 is 0 Å². The van der Waals surface area contributed by atoms with Crippen molar-refractivity contribution in [1.29, 1.82) is 0 Å². The highest BCUT2D eigenvalue weighted by atomic mass is 15.2. The number of anilines is 4. The summed E-state index contributed by atoms with van der Waals surface area (Å²) in [6, 6.07) is 34.9. The Balaban J connectivity index is 1.28. The fourth-order valence-electron chi connectivity index (χ4n) is 6.21. The van der Waals surface area contributed by atoms with Crippen LogP contribution in [-0.2, 0) is 0 Å². The molecule has 0 saturated carbocycles. The summed E-state index contributed by atoms with van der Waals surface area (Å²) in [6.07, 6.45) is 16.7. The third-order valence-corrected chi connectivity index (χ3v) is 9.28. The van der Waals surface area contributed by atoms with Crippen molar-refractivity contribution in [2.75, 3.05) is 76.0 Å². The molecule has 52 heavy (non-hydrogen) atoms. The molecule has 6 nitrogen and oxygen atoms in total. The molecular weight excluding hydrogens is 637 g/mol. The van der Waals surface area contributed by atoms with E-state index in [-0.39, 0.29) is 0 Å². The highest BCUT2D eigenvalue weighted by Gasteiger charge is 2.14. The molecule has 0 bridgehead atoms. The van der Waals surface area contributed by atoms with E-state index in [2.05, 4.69) is 208 Å². The molecule has 0 saturated heterocycles. The van der Waals surface area contributed by atoms with E-state index in [0.29, 0.717) is 0 Å². The van der Waals surface area contributed by atoms with Gasteiger partial charge in [-0.3, -0.25) is 0 Å². The first kappa shape index (κ1) is 35.7. The van der Waals surface area contributed by atoms with E-state index in [1.807, 2.05) is 24.3 Å². The molecule has 0 fully saturated rings. The summed E-state index contributed by atoms with van der Waals surface area (Å²) in [5.74, 6) is 0. The monoisotopic (exact) mass is 684 g/mol. The molecule has 2 aliphatic carbocycles. The van der Waals surface area contributed by atoms with Gasteiger partial charge in [-0.05, 0) is 117 Å². The van der Waals surface area contributed by atoms with Gasteiger partial charge in [0.25, 0.3) is 0 Å². The van der Waals surface area contributed by atoms with Crippen molar-refractivity contribution in [3.63, 3.8) is 0 Å². The molecule has 0 aromatic heterocycles. The lowest BCUT2D eigenvalue weighted by Gasteiger charge is -2.18. The minimum Gasteiger partial charge on any atom is -0.378 e. The second-order valence-electron chi connectivity index (χ2n) is 13.8. The van der Waals surface area contributed by atoms with Crippen LogP contribution >= 0.6 is 0 Å². The number of hydrogen-bond acceptors (Lipinski definition) is 6. The van der Waals surface area contributed by atoms with Gasteiger partial charge < -0.3 is 19.6 Å². The Bertz CT molecular complexity index is 1830. The maximum atomic E-state index is 4.62. The zero-order chi connectivity index (χ0) is 36.8. The zero-order valence-corrected chi connectivity index (χ0v) is 31.5. The van der Waals surface area contributed by atoms with Crippen LogP contribution in [0.1, 0.15) is 22.3 Å². The summed E-state index contributed by atoms with van der Waals surface area (Å²) in [4.78, 5) is 8.48. The zero-order valence-electron chi connectivity index (χ0n) is 31.5. The van der Waals surface area contributed by atoms with Crippen LogP contribution in [0.4, 0.5) is 22.7 Å². The first-order valence-corrected chi connectivity index (χ1v) is 17.5. The highest BCUT2D eigenvalue weighted by Crippen LogP contribution is 2.33. The van der Waals surface area contributed by atoms with E-state index in [1.165, 1.54) is 33.9 Å². The van der Waals surface area contributed by atoms with Gasteiger partial charge in [-0.25, -0.2) is 0 Å². The fourth-order valence-corrected chi connectivity index (χ4v) is 6.21. The van der Waals surface area contributed by atoms with Crippen LogP contribution in [0.2, 0.25) is 0 Å². The molecule has 4 aromatic rings. The fraction of sp³-hybridized carbons (Fsp3) is 0.174. The minimum atomic E-state index is 0.798. The lowest BCUT2D eigenvalue weighted by atomic mass is 9.90. The van der Waals surface area contributed by atoms with Crippen molar-refractivity contribution >= 4 is 45.3 Å². The second-order valence-corrected chi connectivity index (χ2v) is 13.8. The van der Waals surface area contributed by atoms with Gasteiger partial charge in [-0.1, -0.05) is 72.8 Å². The molecule has 0 atom stereocenters. The smallest absolute Gasteiger partial charge is 0.0857 e. The normalized spacial score (nSPS) is 13.3. The van der Waals surface area contributed by atoms with Gasteiger partial charge in [0.15, 0.2) is 0 Å². The average Bonchev–Trinajstić information content (AvgIpc) is 3.16. The van der Waals surface area contributed by atoms with Crippen LogP contribution in [-0.4, -0.2) is 67.8 Å². The van der Waals surface area contributed by atoms with Gasteiger partial charge in [-0.15, -0.1) is 0 Å². The van der Waals surface area contributed by atoms with E-state index >= 15 is 0 Å². The Kier molecular flexibility index (Phi) is 10.9. The number of hydrogen-bond donors (Lipinski definition) is 0. The number of benzene rings is 4. The van der Waals surface area contributed by atoms with Crippen LogP contribution in [0, 0.1) is 0 Å². The first-order chi connectivity index (χ1) is 25.1. The molecular formula is C46H48N6. The van der Waals surface area contributed by atoms with Crippen LogP contribution in [0.25, 0.3) is 11.1 Å². The SMILES string of the molecule is CN(C)c1ccc(C(=C2C=CC(=NN=C3C=CC(=C(c4ccc(N(C)C)cc4)c4ccc(N(C)C)cc4)C=C3)C=C2)c2ccc(N(C)C)cc2)cc1. The van der Waals surface area contributed by atoms with E-state index in [9.17, 15) is 0 Å². The molecule has 0 radical (unpaired) electrons. The third-order valence-electron chi connectivity index (χ3n) is 9.28. The maximum absolute atomic E-state index is 4.62. The first-order valence-electron chi connectivity index (χ1n) is 17.5. The Hall–Kier alpha value is -6.14. The Labute approximate surface area is 309 Å². The van der Waals surface area contributed by atoms with Gasteiger partial charge in [0, 0.05) is 79.1 Å². The van der Waals surface area contributed by atoms with Gasteiger partial charge in [0.2, 0.25) is 0 Å². The summed E-state index contributed by atoms with van der Waals surface area (Å²) in [6.45, 7) is 0. The molecule has 0 aliphatic heterocycles. The summed E-state index contributed by atoms with van der Waals surface area (Å²) >= 11 is 0. The molecule has 0 N–H and O–H groups in total. The van der Waals surface area contributed by atoms with Crippen LogP contribution in [0.3, 0.4) is 0 Å². The predicted octanol–water partition coefficient (Wildman–Crippen LogP) is 9.30. The number of nitrogens with zero attached hydrogens (tertiary/aromatic N) is 6. The molecule has 0 spiro atoms. The molecule has 0 amide bonds. The van der Waals surface area contributed by atoms with Crippen molar-refractivity contribution in [1.82, 2.24) is 0 Å². The topological polar surface area (TPSA) is 37.7 Å². The van der Waals surface area contributed by atoms with Gasteiger partial charge in [-0.2, -0.15) is 10.2 Å². The van der Waals surface area contributed by atoms with Crippen LogP contribution < -0.4 is 19.6 Å².